The maximum atomic E-state index is 12.5. The van der Waals surface area contributed by atoms with E-state index in [1.807, 2.05) is 0 Å². The molecule has 0 aliphatic heterocycles. The molecule has 0 radical (unpaired) electrons. The summed E-state index contributed by atoms with van der Waals surface area (Å²) in [5, 5.41) is 19.2. The van der Waals surface area contributed by atoms with Crippen LogP contribution in [0.3, 0.4) is 0 Å². The Morgan fingerprint density at radius 1 is 1.69 bits per heavy atom. The molecule has 0 unspecified atom stereocenters. The van der Waals surface area contributed by atoms with Gasteiger partial charge in [-0.05, 0) is 0 Å². The minimum atomic E-state index is -2.92. The normalized spacial score (nSPS) is 10.2. The van der Waals surface area contributed by atoms with E-state index in [4.69, 9.17) is 11.0 Å². The SMILES string of the molecule is N#Cc1ncc(C(F)F)c(CN)c1[N+](=O)[O-]. The second kappa shape index (κ2) is 4.59. The van der Waals surface area contributed by atoms with Gasteiger partial charge in [0.15, 0.2) is 0 Å². The van der Waals surface area contributed by atoms with Gasteiger partial charge >= 0.3 is 5.69 Å². The summed E-state index contributed by atoms with van der Waals surface area (Å²) < 4.78 is 25.0. The van der Waals surface area contributed by atoms with Crippen molar-refractivity contribution in [2.75, 3.05) is 0 Å². The molecule has 0 saturated heterocycles. The van der Waals surface area contributed by atoms with Crippen molar-refractivity contribution >= 4 is 5.69 Å². The summed E-state index contributed by atoms with van der Waals surface area (Å²) in [6, 6.07) is 1.46. The van der Waals surface area contributed by atoms with Crippen LogP contribution in [-0.2, 0) is 6.54 Å². The molecule has 84 valence electrons. The number of aromatic nitrogens is 1. The topological polar surface area (TPSA) is 106 Å². The van der Waals surface area contributed by atoms with Gasteiger partial charge in [0.05, 0.1) is 10.5 Å². The van der Waals surface area contributed by atoms with E-state index in [1.165, 1.54) is 6.07 Å². The maximum absolute atomic E-state index is 12.5. The molecule has 0 amide bonds. The first-order valence-corrected chi connectivity index (χ1v) is 4.07. The molecule has 16 heavy (non-hydrogen) atoms. The van der Waals surface area contributed by atoms with Crippen molar-refractivity contribution < 1.29 is 13.7 Å². The van der Waals surface area contributed by atoms with E-state index < -0.39 is 34.8 Å². The fourth-order valence-corrected chi connectivity index (χ4v) is 1.23. The Morgan fingerprint density at radius 3 is 2.69 bits per heavy atom. The lowest BCUT2D eigenvalue weighted by Crippen LogP contribution is -2.09. The molecule has 6 nitrogen and oxygen atoms in total. The summed E-state index contributed by atoms with van der Waals surface area (Å²) in [4.78, 5) is 13.0. The Morgan fingerprint density at radius 2 is 2.31 bits per heavy atom. The standard InChI is InChI=1S/C8H6F2N4O2/c9-8(10)5-3-13-6(2-12)7(14(15)16)4(5)1-11/h3,8H,1,11H2. The van der Waals surface area contributed by atoms with E-state index in [0.717, 1.165) is 6.20 Å². The third kappa shape index (κ3) is 1.94. The van der Waals surface area contributed by atoms with Crippen molar-refractivity contribution in [3.8, 4) is 6.07 Å². The molecule has 0 aromatic carbocycles. The van der Waals surface area contributed by atoms with Crippen LogP contribution in [0.25, 0.3) is 0 Å². The molecule has 0 fully saturated rings. The van der Waals surface area contributed by atoms with E-state index in [2.05, 4.69) is 4.98 Å². The lowest BCUT2D eigenvalue weighted by Gasteiger charge is -2.07. The van der Waals surface area contributed by atoms with E-state index in [1.54, 1.807) is 0 Å². The summed E-state index contributed by atoms with van der Waals surface area (Å²) in [5.41, 5.74) is 2.94. The third-order valence-electron chi connectivity index (χ3n) is 1.92. The molecular formula is C8H6F2N4O2. The summed E-state index contributed by atoms with van der Waals surface area (Å²) in [6.07, 6.45) is -2.18. The molecule has 0 aliphatic rings. The highest BCUT2D eigenvalue weighted by Crippen LogP contribution is 2.30. The average molecular weight is 228 g/mol. The van der Waals surface area contributed by atoms with Gasteiger partial charge in [0.2, 0.25) is 5.69 Å². The molecule has 1 rings (SSSR count). The number of nitro groups is 1. The molecule has 1 aromatic heterocycles. The molecule has 8 heteroatoms. The minimum absolute atomic E-state index is 0.355. The number of halogens is 2. The zero-order valence-electron chi connectivity index (χ0n) is 7.85. The molecule has 0 aliphatic carbocycles. The van der Waals surface area contributed by atoms with E-state index in [0.29, 0.717) is 0 Å². The number of pyridine rings is 1. The third-order valence-corrected chi connectivity index (χ3v) is 1.92. The van der Waals surface area contributed by atoms with Gasteiger partial charge in [-0.2, -0.15) is 5.26 Å². The number of hydrogen-bond donors (Lipinski definition) is 1. The van der Waals surface area contributed by atoms with Crippen molar-refractivity contribution in [3.63, 3.8) is 0 Å². The average Bonchev–Trinajstić information content (AvgIpc) is 2.26. The fraction of sp³-hybridized carbons (Fsp3) is 0.250. The second-order valence-electron chi connectivity index (χ2n) is 2.76. The van der Waals surface area contributed by atoms with Crippen LogP contribution in [0.5, 0.6) is 0 Å². The van der Waals surface area contributed by atoms with Gasteiger partial charge < -0.3 is 5.73 Å². The van der Waals surface area contributed by atoms with Crippen LogP contribution in [0.1, 0.15) is 23.2 Å². The van der Waals surface area contributed by atoms with Gasteiger partial charge in [0, 0.05) is 18.3 Å². The summed E-state index contributed by atoms with van der Waals surface area (Å²) in [6.45, 7) is -0.451. The first-order chi connectivity index (χ1) is 7.52. The van der Waals surface area contributed by atoms with Crippen LogP contribution >= 0.6 is 0 Å². The van der Waals surface area contributed by atoms with Crippen LogP contribution in [0.4, 0.5) is 14.5 Å². The molecule has 1 heterocycles. The predicted molar refractivity (Wildman–Crippen MR) is 48.5 cm³/mol. The number of hydrogen-bond acceptors (Lipinski definition) is 5. The van der Waals surface area contributed by atoms with Crippen molar-refractivity contribution in [3.05, 3.63) is 33.1 Å². The van der Waals surface area contributed by atoms with Crippen LogP contribution in [0.2, 0.25) is 0 Å². The Hall–Kier alpha value is -2.14. The van der Waals surface area contributed by atoms with Crippen molar-refractivity contribution in [2.24, 2.45) is 5.73 Å². The maximum Gasteiger partial charge on any atom is 0.310 e. The Bertz CT molecular complexity index is 470. The summed E-state index contributed by atoms with van der Waals surface area (Å²) >= 11 is 0. The Kier molecular flexibility index (Phi) is 3.42. The first-order valence-electron chi connectivity index (χ1n) is 4.07. The van der Waals surface area contributed by atoms with Gasteiger partial charge in [-0.15, -0.1) is 0 Å². The number of alkyl halides is 2. The molecule has 2 N–H and O–H groups in total. The largest absolute Gasteiger partial charge is 0.326 e. The summed E-state index contributed by atoms with van der Waals surface area (Å²) in [5.74, 6) is 0. The fourth-order valence-electron chi connectivity index (χ4n) is 1.23. The highest BCUT2D eigenvalue weighted by atomic mass is 19.3. The quantitative estimate of drug-likeness (QED) is 0.619. The molecular weight excluding hydrogens is 222 g/mol. The van der Waals surface area contributed by atoms with Crippen LogP contribution in [0, 0.1) is 21.4 Å². The van der Waals surface area contributed by atoms with Gasteiger partial charge in [0.1, 0.15) is 6.07 Å². The van der Waals surface area contributed by atoms with Crippen molar-refractivity contribution in [1.29, 1.82) is 5.26 Å². The molecule has 1 aromatic rings. The Balaban J connectivity index is 3.58. The van der Waals surface area contributed by atoms with E-state index in [-0.39, 0.29) is 5.56 Å². The Labute approximate surface area is 88.5 Å². The van der Waals surface area contributed by atoms with Crippen molar-refractivity contribution in [1.82, 2.24) is 4.98 Å². The van der Waals surface area contributed by atoms with Crippen LogP contribution in [0.15, 0.2) is 6.20 Å². The zero-order valence-corrected chi connectivity index (χ0v) is 7.85. The van der Waals surface area contributed by atoms with Gasteiger partial charge in [0.25, 0.3) is 6.43 Å². The van der Waals surface area contributed by atoms with E-state index in [9.17, 15) is 18.9 Å². The second-order valence-corrected chi connectivity index (χ2v) is 2.76. The number of nitrogens with zero attached hydrogens (tertiary/aromatic N) is 3. The highest BCUT2D eigenvalue weighted by Gasteiger charge is 2.26. The van der Waals surface area contributed by atoms with Gasteiger partial charge in [-0.1, -0.05) is 0 Å². The zero-order chi connectivity index (χ0) is 12.3. The number of rotatable bonds is 3. The lowest BCUT2D eigenvalue weighted by atomic mass is 10.1. The monoisotopic (exact) mass is 228 g/mol. The molecule has 0 atom stereocenters. The predicted octanol–water partition coefficient (Wildman–Crippen LogP) is 1.26. The number of nitrogens with two attached hydrogens (primary N) is 1. The van der Waals surface area contributed by atoms with Crippen LogP contribution in [-0.4, -0.2) is 9.91 Å². The molecule has 0 spiro atoms. The van der Waals surface area contributed by atoms with E-state index >= 15 is 0 Å². The molecule has 0 bridgehead atoms. The first kappa shape index (κ1) is 11.9. The summed E-state index contributed by atoms with van der Waals surface area (Å²) in [7, 11) is 0. The van der Waals surface area contributed by atoms with Crippen molar-refractivity contribution in [2.45, 2.75) is 13.0 Å². The highest BCUT2D eigenvalue weighted by molar-refractivity contribution is 5.53. The molecule has 0 saturated carbocycles. The lowest BCUT2D eigenvalue weighted by molar-refractivity contribution is -0.386. The van der Waals surface area contributed by atoms with Gasteiger partial charge in [-0.25, -0.2) is 13.8 Å². The number of nitriles is 1. The minimum Gasteiger partial charge on any atom is -0.326 e. The van der Waals surface area contributed by atoms with Gasteiger partial charge in [-0.3, -0.25) is 10.1 Å². The van der Waals surface area contributed by atoms with Crippen LogP contribution < -0.4 is 5.73 Å². The smallest absolute Gasteiger partial charge is 0.310 e.